The maximum absolute atomic E-state index is 13.5. The zero-order valence-electron chi connectivity index (χ0n) is 11.8. The highest BCUT2D eigenvalue weighted by molar-refractivity contribution is 5.68. The molecule has 1 N–H and O–H groups in total. The van der Waals surface area contributed by atoms with Gasteiger partial charge in [-0.2, -0.15) is 0 Å². The van der Waals surface area contributed by atoms with Gasteiger partial charge >= 0.3 is 0 Å². The van der Waals surface area contributed by atoms with Crippen molar-refractivity contribution < 1.29 is 4.39 Å². The summed E-state index contributed by atoms with van der Waals surface area (Å²) in [6.45, 7) is 1.76. The van der Waals surface area contributed by atoms with Crippen LogP contribution >= 0.6 is 0 Å². The van der Waals surface area contributed by atoms with Gasteiger partial charge in [-0.1, -0.05) is 48.5 Å². The summed E-state index contributed by atoms with van der Waals surface area (Å²) in [7, 11) is 0. The predicted molar refractivity (Wildman–Crippen MR) is 86.3 cm³/mol. The second-order valence-corrected chi connectivity index (χ2v) is 5.03. The van der Waals surface area contributed by atoms with Crippen LogP contribution in [0.15, 0.2) is 72.8 Å². The first-order valence-corrected chi connectivity index (χ1v) is 6.91. The van der Waals surface area contributed by atoms with E-state index in [0.717, 1.165) is 16.9 Å². The normalized spacial score (nSPS) is 10.4. The Labute approximate surface area is 124 Å². The Morgan fingerprint density at radius 3 is 2.00 bits per heavy atom. The third-order valence-electron chi connectivity index (χ3n) is 3.45. The summed E-state index contributed by atoms with van der Waals surface area (Å²) in [5.41, 5.74) is 4.70. The predicted octanol–water partition coefficient (Wildman–Crippen LogP) is 5.54. The fourth-order valence-electron chi connectivity index (χ4n) is 2.21. The molecule has 21 heavy (non-hydrogen) atoms. The Morgan fingerprint density at radius 1 is 0.714 bits per heavy atom. The second-order valence-electron chi connectivity index (χ2n) is 5.03. The van der Waals surface area contributed by atoms with E-state index < -0.39 is 0 Å². The molecule has 0 saturated carbocycles. The smallest absolute Gasteiger partial charge is 0.128 e. The molecule has 3 rings (SSSR count). The molecule has 0 aromatic heterocycles. The Balaban J connectivity index is 1.80. The van der Waals surface area contributed by atoms with E-state index in [2.05, 4.69) is 29.6 Å². The van der Waals surface area contributed by atoms with Crippen LogP contribution in [-0.4, -0.2) is 0 Å². The van der Waals surface area contributed by atoms with E-state index >= 15 is 0 Å². The number of anilines is 2. The van der Waals surface area contributed by atoms with Crippen LogP contribution < -0.4 is 5.32 Å². The zero-order valence-corrected chi connectivity index (χ0v) is 11.8. The van der Waals surface area contributed by atoms with Gasteiger partial charge in [0.1, 0.15) is 5.82 Å². The minimum atomic E-state index is -0.194. The minimum Gasteiger partial charge on any atom is -0.355 e. The van der Waals surface area contributed by atoms with Gasteiger partial charge in [0.25, 0.3) is 0 Å². The molecule has 0 saturated heterocycles. The Morgan fingerprint density at radius 2 is 1.33 bits per heavy atom. The number of halogens is 1. The van der Waals surface area contributed by atoms with E-state index in [9.17, 15) is 4.39 Å². The number of hydrogen-bond donors (Lipinski definition) is 1. The summed E-state index contributed by atoms with van der Waals surface area (Å²) >= 11 is 0. The number of aryl methyl sites for hydroxylation is 1. The lowest BCUT2D eigenvalue weighted by molar-refractivity contribution is 0.619. The van der Waals surface area contributed by atoms with E-state index in [4.69, 9.17) is 0 Å². The molecule has 104 valence electrons. The third kappa shape index (κ3) is 3.11. The molecule has 0 radical (unpaired) electrons. The van der Waals surface area contributed by atoms with E-state index in [-0.39, 0.29) is 5.82 Å². The molecule has 1 nitrogen and oxygen atoms in total. The quantitative estimate of drug-likeness (QED) is 0.662. The maximum atomic E-state index is 13.5. The summed E-state index contributed by atoms with van der Waals surface area (Å²) in [5.74, 6) is -0.194. The summed E-state index contributed by atoms with van der Waals surface area (Å²) in [5, 5.41) is 3.21. The minimum absolute atomic E-state index is 0.194. The molecule has 0 aliphatic rings. The van der Waals surface area contributed by atoms with Gasteiger partial charge in [0.05, 0.1) is 0 Å². The average molecular weight is 277 g/mol. The Bertz CT molecular complexity index is 733. The van der Waals surface area contributed by atoms with Crippen molar-refractivity contribution in [1.29, 1.82) is 0 Å². The van der Waals surface area contributed by atoms with Gasteiger partial charge in [-0.3, -0.25) is 0 Å². The lowest BCUT2D eigenvalue weighted by Crippen LogP contribution is -1.92. The van der Waals surface area contributed by atoms with Crippen molar-refractivity contribution in [1.82, 2.24) is 0 Å². The first-order valence-electron chi connectivity index (χ1n) is 6.91. The molecule has 0 atom stereocenters. The van der Waals surface area contributed by atoms with Crippen molar-refractivity contribution in [2.24, 2.45) is 0 Å². The molecule has 0 fully saturated rings. The molecular weight excluding hydrogens is 261 g/mol. The summed E-state index contributed by atoms with van der Waals surface area (Å²) in [4.78, 5) is 0. The van der Waals surface area contributed by atoms with Crippen LogP contribution in [0.2, 0.25) is 0 Å². The molecule has 0 unspecified atom stereocenters. The van der Waals surface area contributed by atoms with Gasteiger partial charge < -0.3 is 5.32 Å². The van der Waals surface area contributed by atoms with Gasteiger partial charge in [0.15, 0.2) is 0 Å². The van der Waals surface area contributed by atoms with Crippen LogP contribution in [0.5, 0.6) is 0 Å². The Kier molecular flexibility index (Phi) is 3.69. The first-order chi connectivity index (χ1) is 10.2. The standard InChI is InChI=1S/C19H16FN/c1-14-7-10-18(13-19(14)20)21-17-11-8-16(9-12-17)15-5-3-2-4-6-15/h2-13,21H,1H3. The topological polar surface area (TPSA) is 12.0 Å². The summed E-state index contributed by atoms with van der Waals surface area (Å²) < 4.78 is 13.5. The van der Waals surface area contributed by atoms with Crippen LogP contribution in [0.25, 0.3) is 11.1 Å². The highest BCUT2D eigenvalue weighted by Gasteiger charge is 2.01. The highest BCUT2D eigenvalue weighted by Crippen LogP contribution is 2.23. The molecule has 3 aromatic rings. The average Bonchev–Trinajstić information content (AvgIpc) is 2.53. The number of rotatable bonds is 3. The van der Waals surface area contributed by atoms with E-state index in [0.29, 0.717) is 5.56 Å². The molecule has 0 aliphatic carbocycles. The van der Waals surface area contributed by atoms with Gasteiger partial charge in [-0.25, -0.2) is 4.39 Å². The van der Waals surface area contributed by atoms with E-state index in [1.165, 1.54) is 11.6 Å². The zero-order chi connectivity index (χ0) is 14.7. The first kappa shape index (κ1) is 13.4. The van der Waals surface area contributed by atoms with Gasteiger partial charge in [0, 0.05) is 11.4 Å². The fourth-order valence-corrected chi connectivity index (χ4v) is 2.21. The maximum Gasteiger partial charge on any atom is 0.128 e. The molecule has 0 amide bonds. The van der Waals surface area contributed by atoms with Crippen LogP contribution in [0.4, 0.5) is 15.8 Å². The number of benzene rings is 3. The van der Waals surface area contributed by atoms with E-state index in [1.807, 2.05) is 36.4 Å². The third-order valence-corrected chi connectivity index (χ3v) is 3.45. The van der Waals surface area contributed by atoms with E-state index in [1.54, 1.807) is 13.0 Å². The monoisotopic (exact) mass is 277 g/mol. The molecule has 0 heterocycles. The van der Waals surface area contributed by atoms with Crippen LogP contribution in [0.3, 0.4) is 0 Å². The van der Waals surface area contributed by atoms with Gasteiger partial charge in [0.2, 0.25) is 0 Å². The molecule has 0 aliphatic heterocycles. The second kappa shape index (κ2) is 5.80. The van der Waals surface area contributed by atoms with Crippen molar-refractivity contribution in [3.8, 4) is 11.1 Å². The van der Waals surface area contributed by atoms with Crippen molar-refractivity contribution in [3.63, 3.8) is 0 Å². The van der Waals surface area contributed by atoms with Gasteiger partial charge in [-0.15, -0.1) is 0 Å². The number of nitrogens with one attached hydrogen (secondary N) is 1. The van der Waals surface area contributed by atoms with Crippen molar-refractivity contribution in [2.45, 2.75) is 6.92 Å². The fraction of sp³-hybridized carbons (Fsp3) is 0.0526. The SMILES string of the molecule is Cc1ccc(Nc2ccc(-c3ccccc3)cc2)cc1F. The lowest BCUT2D eigenvalue weighted by Gasteiger charge is -2.08. The summed E-state index contributed by atoms with van der Waals surface area (Å²) in [6.07, 6.45) is 0. The Hall–Kier alpha value is -2.61. The lowest BCUT2D eigenvalue weighted by atomic mass is 10.1. The highest BCUT2D eigenvalue weighted by atomic mass is 19.1. The van der Waals surface area contributed by atoms with Gasteiger partial charge in [-0.05, 0) is 47.9 Å². The van der Waals surface area contributed by atoms with Crippen molar-refractivity contribution in [2.75, 3.05) is 5.32 Å². The molecule has 0 bridgehead atoms. The van der Waals surface area contributed by atoms with Crippen molar-refractivity contribution in [3.05, 3.63) is 84.2 Å². The summed E-state index contributed by atoms with van der Waals surface area (Å²) in [6, 6.07) is 23.5. The largest absolute Gasteiger partial charge is 0.355 e. The molecule has 3 aromatic carbocycles. The number of hydrogen-bond acceptors (Lipinski definition) is 1. The molecular formula is C19H16FN. The molecule has 2 heteroatoms. The van der Waals surface area contributed by atoms with Crippen molar-refractivity contribution >= 4 is 11.4 Å². The van der Waals surface area contributed by atoms with Crippen LogP contribution in [0.1, 0.15) is 5.56 Å². The van der Waals surface area contributed by atoms with Crippen LogP contribution in [0, 0.1) is 12.7 Å². The van der Waals surface area contributed by atoms with Crippen LogP contribution in [-0.2, 0) is 0 Å². The molecule has 0 spiro atoms.